The van der Waals surface area contributed by atoms with E-state index in [1.54, 1.807) is 0 Å². The largest absolute Gasteiger partial charge is 0.492 e. The van der Waals surface area contributed by atoms with E-state index in [0.29, 0.717) is 6.61 Å². The molecule has 0 saturated heterocycles. The Hall–Kier alpha value is -1.87. The summed E-state index contributed by atoms with van der Waals surface area (Å²) in [7, 11) is 2.07. The van der Waals surface area contributed by atoms with Gasteiger partial charge in [0, 0.05) is 19.3 Å². The van der Waals surface area contributed by atoms with Gasteiger partial charge in [0.2, 0.25) is 0 Å². The molecule has 0 saturated carbocycles. The topological polar surface area (TPSA) is 25.4 Å². The molecule has 2 rings (SSSR count). The lowest BCUT2D eigenvalue weighted by atomic mass is 10.3. The van der Waals surface area contributed by atoms with Crippen LogP contribution in [0.2, 0.25) is 0 Å². The van der Waals surface area contributed by atoms with Crippen molar-refractivity contribution < 1.29 is 4.74 Å². The van der Waals surface area contributed by atoms with Gasteiger partial charge in [-0.3, -0.25) is 9.88 Å². The molecule has 0 unspecified atom stereocenters. The highest BCUT2D eigenvalue weighted by Gasteiger charge is 2.01. The molecule has 0 aliphatic rings. The average Bonchev–Trinajstić information content (AvgIpc) is 2.41. The maximum absolute atomic E-state index is 5.65. The van der Waals surface area contributed by atoms with E-state index in [4.69, 9.17) is 4.74 Å². The van der Waals surface area contributed by atoms with Crippen molar-refractivity contribution in [3.63, 3.8) is 0 Å². The number of pyridine rings is 1. The Bertz CT molecular complexity index is 445. The van der Waals surface area contributed by atoms with Gasteiger partial charge in [-0.15, -0.1) is 0 Å². The predicted molar refractivity (Wildman–Crippen MR) is 72.5 cm³/mol. The second kappa shape index (κ2) is 6.77. The number of hydrogen-bond acceptors (Lipinski definition) is 3. The molecule has 0 bridgehead atoms. The molecule has 0 radical (unpaired) electrons. The Morgan fingerprint density at radius 2 is 1.83 bits per heavy atom. The van der Waals surface area contributed by atoms with Crippen LogP contribution in [-0.4, -0.2) is 30.1 Å². The van der Waals surface area contributed by atoms with Crippen LogP contribution in [0, 0.1) is 0 Å². The first-order chi connectivity index (χ1) is 8.84. The molecule has 1 heterocycles. The summed E-state index contributed by atoms with van der Waals surface area (Å²) in [6, 6.07) is 15.9. The van der Waals surface area contributed by atoms with Gasteiger partial charge in [0.15, 0.2) is 0 Å². The molecule has 3 nitrogen and oxygen atoms in total. The first-order valence-electron chi connectivity index (χ1n) is 6.11. The zero-order valence-electron chi connectivity index (χ0n) is 10.6. The second-order valence-corrected chi connectivity index (χ2v) is 4.22. The standard InChI is InChI=1S/C15H18N2O/c1-17(13-14-7-5-6-10-16-14)11-12-18-15-8-3-2-4-9-15/h2-10H,11-13H2,1H3. The zero-order chi connectivity index (χ0) is 12.6. The monoisotopic (exact) mass is 242 g/mol. The van der Waals surface area contributed by atoms with Crippen LogP contribution in [0.1, 0.15) is 5.69 Å². The van der Waals surface area contributed by atoms with Crippen molar-refractivity contribution >= 4 is 0 Å². The molecule has 0 fully saturated rings. The molecule has 0 aliphatic carbocycles. The zero-order valence-corrected chi connectivity index (χ0v) is 10.6. The smallest absolute Gasteiger partial charge is 0.119 e. The van der Waals surface area contributed by atoms with E-state index < -0.39 is 0 Å². The predicted octanol–water partition coefficient (Wildman–Crippen LogP) is 2.59. The van der Waals surface area contributed by atoms with Crippen molar-refractivity contribution in [3.05, 3.63) is 60.4 Å². The van der Waals surface area contributed by atoms with Gasteiger partial charge >= 0.3 is 0 Å². The number of ether oxygens (including phenoxy) is 1. The molecule has 2 aromatic rings. The lowest BCUT2D eigenvalue weighted by molar-refractivity contribution is 0.231. The van der Waals surface area contributed by atoms with E-state index >= 15 is 0 Å². The number of likely N-dealkylation sites (N-methyl/N-ethyl adjacent to an activating group) is 1. The van der Waals surface area contributed by atoms with Crippen molar-refractivity contribution in [1.82, 2.24) is 9.88 Å². The van der Waals surface area contributed by atoms with Crippen LogP contribution in [0.5, 0.6) is 5.75 Å². The summed E-state index contributed by atoms with van der Waals surface area (Å²) in [5, 5.41) is 0. The van der Waals surface area contributed by atoms with Crippen LogP contribution in [0.25, 0.3) is 0 Å². The number of benzene rings is 1. The molecule has 1 aromatic carbocycles. The number of nitrogens with zero attached hydrogens (tertiary/aromatic N) is 2. The molecule has 0 spiro atoms. The van der Waals surface area contributed by atoms with E-state index in [9.17, 15) is 0 Å². The average molecular weight is 242 g/mol. The third-order valence-corrected chi connectivity index (χ3v) is 2.64. The van der Waals surface area contributed by atoms with Crippen LogP contribution in [0.15, 0.2) is 54.7 Å². The SMILES string of the molecule is CN(CCOc1ccccc1)Cc1ccccn1. The van der Waals surface area contributed by atoms with E-state index in [1.807, 2.05) is 54.7 Å². The lowest BCUT2D eigenvalue weighted by Gasteiger charge is -2.16. The quantitative estimate of drug-likeness (QED) is 0.778. The number of aromatic nitrogens is 1. The van der Waals surface area contributed by atoms with Crippen molar-refractivity contribution in [3.8, 4) is 5.75 Å². The molecule has 0 amide bonds. The number of rotatable bonds is 6. The van der Waals surface area contributed by atoms with Gasteiger partial charge in [-0.25, -0.2) is 0 Å². The number of hydrogen-bond donors (Lipinski definition) is 0. The van der Waals surface area contributed by atoms with E-state index in [-0.39, 0.29) is 0 Å². The molecule has 0 aliphatic heterocycles. The third kappa shape index (κ3) is 4.18. The molecule has 0 N–H and O–H groups in total. The Morgan fingerprint density at radius 3 is 2.56 bits per heavy atom. The van der Waals surface area contributed by atoms with Crippen LogP contribution < -0.4 is 4.74 Å². The van der Waals surface area contributed by atoms with E-state index in [1.165, 1.54) is 0 Å². The Kier molecular flexibility index (Phi) is 4.73. The highest BCUT2D eigenvalue weighted by Crippen LogP contribution is 2.08. The number of para-hydroxylation sites is 1. The van der Waals surface area contributed by atoms with Gasteiger partial charge in [-0.1, -0.05) is 24.3 Å². The highest BCUT2D eigenvalue weighted by molar-refractivity contribution is 5.20. The van der Waals surface area contributed by atoms with Crippen LogP contribution >= 0.6 is 0 Å². The Morgan fingerprint density at radius 1 is 1.06 bits per heavy atom. The molecule has 18 heavy (non-hydrogen) atoms. The minimum atomic E-state index is 0.688. The minimum Gasteiger partial charge on any atom is -0.492 e. The Labute approximate surface area is 108 Å². The molecule has 3 heteroatoms. The van der Waals surface area contributed by atoms with Gasteiger partial charge in [-0.05, 0) is 31.3 Å². The fraction of sp³-hybridized carbons (Fsp3) is 0.267. The lowest BCUT2D eigenvalue weighted by Crippen LogP contribution is -2.24. The van der Waals surface area contributed by atoms with Gasteiger partial charge in [0.1, 0.15) is 12.4 Å². The van der Waals surface area contributed by atoms with E-state index in [0.717, 1.165) is 24.5 Å². The first kappa shape index (κ1) is 12.6. The fourth-order valence-electron chi connectivity index (χ4n) is 1.68. The summed E-state index contributed by atoms with van der Waals surface area (Å²) in [5.74, 6) is 0.920. The van der Waals surface area contributed by atoms with Crippen LogP contribution in [0.3, 0.4) is 0 Å². The Balaban J connectivity index is 1.71. The van der Waals surface area contributed by atoms with Crippen molar-refractivity contribution in [2.45, 2.75) is 6.54 Å². The molecular formula is C15H18N2O. The highest BCUT2D eigenvalue weighted by atomic mass is 16.5. The van der Waals surface area contributed by atoms with Gasteiger partial charge in [-0.2, -0.15) is 0 Å². The van der Waals surface area contributed by atoms with Crippen LogP contribution in [-0.2, 0) is 6.54 Å². The van der Waals surface area contributed by atoms with Gasteiger partial charge < -0.3 is 4.74 Å². The van der Waals surface area contributed by atoms with Crippen LogP contribution in [0.4, 0.5) is 0 Å². The first-order valence-corrected chi connectivity index (χ1v) is 6.11. The molecule has 1 aromatic heterocycles. The summed E-state index contributed by atoms with van der Waals surface area (Å²) in [6.07, 6.45) is 1.82. The normalized spacial score (nSPS) is 10.6. The summed E-state index contributed by atoms with van der Waals surface area (Å²) < 4.78 is 5.65. The summed E-state index contributed by atoms with van der Waals surface area (Å²) in [6.45, 7) is 2.41. The molecule has 94 valence electrons. The van der Waals surface area contributed by atoms with E-state index in [2.05, 4.69) is 16.9 Å². The van der Waals surface area contributed by atoms with Gasteiger partial charge in [0.25, 0.3) is 0 Å². The minimum absolute atomic E-state index is 0.688. The summed E-state index contributed by atoms with van der Waals surface area (Å²) in [4.78, 5) is 6.50. The maximum atomic E-state index is 5.65. The summed E-state index contributed by atoms with van der Waals surface area (Å²) >= 11 is 0. The fourth-order valence-corrected chi connectivity index (χ4v) is 1.68. The molecular weight excluding hydrogens is 224 g/mol. The summed E-state index contributed by atoms with van der Waals surface area (Å²) in [5.41, 5.74) is 1.08. The third-order valence-electron chi connectivity index (χ3n) is 2.64. The van der Waals surface area contributed by atoms with Crippen molar-refractivity contribution in [2.24, 2.45) is 0 Å². The van der Waals surface area contributed by atoms with Gasteiger partial charge in [0.05, 0.1) is 5.69 Å². The van der Waals surface area contributed by atoms with Crippen molar-refractivity contribution in [1.29, 1.82) is 0 Å². The van der Waals surface area contributed by atoms with Crippen molar-refractivity contribution in [2.75, 3.05) is 20.2 Å². The maximum Gasteiger partial charge on any atom is 0.119 e. The second-order valence-electron chi connectivity index (χ2n) is 4.22. The molecule has 0 atom stereocenters.